The molecule has 0 radical (unpaired) electrons. The Hall–Kier alpha value is -3.53. The van der Waals surface area contributed by atoms with E-state index in [2.05, 4.69) is 0 Å². The second-order valence-corrected chi connectivity index (χ2v) is 6.09. The van der Waals surface area contributed by atoms with E-state index in [4.69, 9.17) is 4.74 Å². The van der Waals surface area contributed by atoms with E-state index in [-0.39, 0.29) is 17.3 Å². The smallest absolute Gasteiger partial charge is 0.185 e. The van der Waals surface area contributed by atoms with Crippen LogP contribution in [0.2, 0.25) is 0 Å². The molecule has 0 atom stereocenters. The first-order valence-electron chi connectivity index (χ1n) is 8.62. The topological polar surface area (TPSA) is 66.8 Å². The minimum Gasteiger partial charge on any atom is -0.508 e. The van der Waals surface area contributed by atoms with Crippen LogP contribution in [0.15, 0.2) is 78.9 Å². The molecule has 0 unspecified atom stereocenters. The lowest BCUT2D eigenvalue weighted by atomic mass is 10.1. The van der Waals surface area contributed by atoms with E-state index in [1.165, 1.54) is 18.2 Å². The molecule has 4 heteroatoms. The molecule has 4 nitrogen and oxygen atoms in total. The van der Waals surface area contributed by atoms with Crippen molar-refractivity contribution in [2.45, 2.75) is 6.42 Å². The molecular weight excluding hydrogens is 340 g/mol. The Morgan fingerprint density at radius 2 is 1.56 bits per heavy atom. The maximum atomic E-state index is 12.1. The number of ether oxygens (including phenoxy) is 1. The zero-order valence-electron chi connectivity index (χ0n) is 14.7. The summed E-state index contributed by atoms with van der Waals surface area (Å²) in [4.78, 5) is 12.1. The van der Waals surface area contributed by atoms with Crippen molar-refractivity contribution < 1.29 is 19.7 Å². The van der Waals surface area contributed by atoms with Gasteiger partial charge in [0, 0.05) is 30.2 Å². The fraction of sp³-hybridized carbons (Fsp3) is 0.0870. The number of carbonyl (C=O) groups excluding carboxylic acids is 1. The molecule has 0 spiro atoms. The third-order valence-electron chi connectivity index (χ3n) is 4.00. The summed E-state index contributed by atoms with van der Waals surface area (Å²) in [6, 6.07) is 21.2. The van der Waals surface area contributed by atoms with Crippen LogP contribution in [0.25, 0.3) is 6.08 Å². The predicted molar refractivity (Wildman–Crippen MR) is 105 cm³/mol. The van der Waals surface area contributed by atoms with Gasteiger partial charge < -0.3 is 14.9 Å². The average Bonchev–Trinajstić information content (AvgIpc) is 2.67. The molecule has 0 aromatic heterocycles. The van der Waals surface area contributed by atoms with Crippen LogP contribution in [0.4, 0.5) is 0 Å². The molecule has 0 saturated carbocycles. The molecular formula is C23H20O4. The Morgan fingerprint density at radius 1 is 0.889 bits per heavy atom. The first-order valence-corrected chi connectivity index (χ1v) is 8.62. The normalized spacial score (nSPS) is 10.8. The molecule has 2 N–H and O–H groups in total. The average molecular weight is 360 g/mol. The van der Waals surface area contributed by atoms with E-state index in [0.29, 0.717) is 24.3 Å². The van der Waals surface area contributed by atoms with Gasteiger partial charge in [0.25, 0.3) is 0 Å². The van der Waals surface area contributed by atoms with Crippen LogP contribution in [0.3, 0.4) is 0 Å². The number of allylic oxidation sites excluding steroid dienone is 1. The molecule has 3 rings (SSSR count). The molecule has 0 bridgehead atoms. The first-order chi connectivity index (χ1) is 13.1. The van der Waals surface area contributed by atoms with Crippen molar-refractivity contribution in [3.63, 3.8) is 0 Å². The van der Waals surface area contributed by atoms with Gasteiger partial charge in [-0.05, 0) is 17.2 Å². The Labute approximate surface area is 158 Å². The fourth-order valence-corrected chi connectivity index (χ4v) is 2.60. The third-order valence-corrected chi connectivity index (χ3v) is 4.00. The lowest BCUT2D eigenvalue weighted by molar-refractivity contribution is 0.104. The van der Waals surface area contributed by atoms with E-state index >= 15 is 0 Å². The summed E-state index contributed by atoms with van der Waals surface area (Å²) < 4.78 is 5.55. The molecule has 0 saturated heterocycles. The number of benzene rings is 3. The fourth-order valence-electron chi connectivity index (χ4n) is 2.60. The second-order valence-electron chi connectivity index (χ2n) is 6.09. The van der Waals surface area contributed by atoms with Gasteiger partial charge in [-0.2, -0.15) is 0 Å². The molecule has 3 aromatic carbocycles. The molecule has 0 amide bonds. The monoisotopic (exact) mass is 360 g/mol. The van der Waals surface area contributed by atoms with Crippen molar-refractivity contribution in [2.24, 2.45) is 0 Å². The molecule has 0 aliphatic heterocycles. The van der Waals surface area contributed by atoms with E-state index in [1.54, 1.807) is 24.3 Å². The van der Waals surface area contributed by atoms with Crippen molar-refractivity contribution in [3.05, 3.63) is 95.6 Å². The second kappa shape index (κ2) is 8.72. The Bertz CT molecular complexity index is 908. The molecule has 3 aromatic rings. The SMILES string of the molecule is O=C(C=Cc1ccc(CCOc2cc(O)cc(O)c2)cc1)c1ccccc1. The van der Waals surface area contributed by atoms with Gasteiger partial charge in [-0.3, -0.25) is 4.79 Å². The summed E-state index contributed by atoms with van der Waals surface area (Å²) in [5.41, 5.74) is 2.70. The number of ketones is 1. The lowest BCUT2D eigenvalue weighted by Crippen LogP contribution is -2.01. The van der Waals surface area contributed by atoms with E-state index in [0.717, 1.165) is 11.1 Å². The summed E-state index contributed by atoms with van der Waals surface area (Å²) in [7, 11) is 0. The van der Waals surface area contributed by atoms with Crippen LogP contribution in [-0.2, 0) is 6.42 Å². The van der Waals surface area contributed by atoms with Crippen molar-refractivity contribution in [1.82, 2.24) is 0 Å². The predicted octanol–water partition coefficient (Wildman–Crippen LogP) is 4.62. The van der Waals surface area contributed by atoms with Crippen molar-refractivity contribution in [3.8, 4) is 17.2 Å². The highest BCUT2D eigenvalue weighted by Gasteiger charge is 2.02. The summed E-state index contributed by atoms with van der Waals surface area (Å²) in [5.74, 6) is 0.325. The molecule has 0 fully saturated rings. The highest BCUT2D eigenvalue weighted by atomic mass is 16.5. The number of rotatable bonds is 7. The van der Waals surface area contributed by atoms with Gasteiger partial charge in [0.1, 0.15) is 17.2 Å². The van der Waals surface area contributed by atoms with E-state index in [9.17, 15) is 15.0 Å². The van der Waals surface area contributed by atoms with Gasteiger partial charge in [-0.25, -0.2) is 0 Å². The molecule has 27 heavy (non-hydrogen) atoms. The number of phenols is 2. The van der Waals surface area contributed by atoms with Crippen molar-refractivity contribution in [1.29, 1.82) is 0 Å². The van der Waals surface area contributed by atoms with Gasteiger partial charge in [0.05, 0.1) is 6.61 Å². The van der Waals surface area contributed by atoms with Gasteiger partial charge in [0.15, 0.2) is 5.78 Å². The van der Waals surface area contributed by atoms with Gasteiger partial charge in [-0.1, -0.05) is 60.7 Å². The Kier molecular flexibility index (Phi) is 5.90. The number of phenolic OH excluding ortho intramolecular Hbond substituents is 2. The van der Waals surface area contributed by atoms with Crippen LogP contribution in [-0.4, -0.2) is 22.6 Å². The maximum absolute atomic E-state index is 12.1. The summed E-state index contributed by atoms with van der Waals surface area (Å²) >= 11 is 0. The molecule has 0 heterocycles. The third kappa shape index (κ3) is 5.47. The largest absolute Gasteiger partial charge is 0.508 e. The standard InChI is InChI=1S/C23H20O4/c24-20-14-21(25)16-22(15-20)27-13-12-18-8-6-17(7-9-18)10-11-23(26)19-4-2-1-3-5-19/h1-11,14-16,24-25H,12-13H2. The molecule has 0 aliphatic carbocycles. The van der Waals surface area contributed by atoms with Crippen molar-refractivity contribution >= 4 is 11.9 Å². The number of hydrogen-bond donors (Lipinski definition) is 2. The summed E-state index contributed by atoms with van der Waals surface area (Å²) in [6.45, 7) is 0.421. The Balaban J connectivity index is 1.52. The van der Waals surface area contributed by atoms with Crippen LogP contribution in [0, 0.1) is 0 Å². The van der Waals surface area contributed by atoms with Gasteiger partial charge in [0.2, 0.25) is 0 Å². The minimum absolute atomic E-state index is 0.0255. The minimum atomic E-state index is -0.0359. The quantitative estimate of drug-likeness (QED) is 0.477. The highest BCUT2D eigenvalue weighted by molar-refractivity contribution is 6.06. The van der Waals surface area contributed by atoms with Crippen LogP contribution < -0.4 is 4.74 Å². The molecule has 136 valence electrons. The first kappa shape index (κ1) is 18.3. The van der Waals surface area contributed by atoms with E-state index in [1.807, 2.05) is 42.5 Å². The number of hydrogen-bond acceptors (Lipinski definition) is 4. The lowest BCUT2D eigenvalue weighted by Gasteiger charge is -2.07. The van der Waals surface area contributed by atoms with Crippen LogP contribution in [0.5, 0.6) is 17.2 Å². The molecule has 0 aliphatic rings. The zero-order chi connectivity index (χ0) is 19.1. The van der Waals surface area contributed by atoms with Gasteiger partial charge in [-0.15, -0.1) is 0 Å². The zero-order valence-corrected chi connectivity index (χ0v) is 14.7. The maximum Gasteiger partial charge on any atom is 0.185 e. The van der Waals surface area contributed by atoms with Crippen LogP contribution in [0.1, 0.15) is 21.5 Å². The number of aromatic hydroxyl groups is 2. The Morgan fingerprint density at radius 3 is 2.22 bits per heavy atom. The van der Waals surface area contributed by atoms with E-state index < -0.39 is 0 Å². The summed E-state index contributed by atoms with van der Waals surface area (Å²) in [6.07, 6.45) is 4.05. The summed E-state index contributed by atoms with van der Waals surface area (Å²) in [5, 5.41) is 18.9. The highest BCUT2D eigenvalue weighted by Crippen LogP contribution is 2.25. The van der Waals surface area contributed by atoms with Crippen molar-refractivity contribution in [2.75, 3.05) is 6.61 Å². The van der Waals surface area contributed by atoms with Crippen LogP contribution >= 0.6 is 0 Å². The number of carbonyl (C=O) groups is 1. The van der Waals surface area contributed by atoms with Gasteiger partial charge >= 0.3 is 0 Å².